The van der Waals surface area contributed by atoms with Gasteiger partial charge in [-0.15, -0.1) is 0 Å². The second kappa shape index (κ2) is 13.5. The molecule has 216 valence electrons. The largest absolute Gasteiger partial charge is 0.507 e. The van der Waals surface area contributed by atoms with E-state index in [1.54, 1.807) is 36.4 Å². The highest BCUT2D eigenvalue weighted by atomic mass is 16.5. The van der Waals surface area contributed by atoms with Gasteiger partial charge in [0.2, 0.25) is 5.75 Å². The molecule has 1 amide bonds. The fourth-order valence-electron chi connectivity index (χ4n) is 5.01. The topological polar surface area (TPSA) is 107 Å². The average Bonchev–Trinajstić information content (AvgIpc) is 3.24. The van der Waals surface area contributed by atoms with E-state index in [2.05, 4.69) is 11.8 Å². The zero-order chi connectivity index (χ0) is 28.6. The molecule has 0 saturated carbocycles. The van der Waals surface area contributed by atoms with Gasteiger partial charge in [-0.05, 0) is 36.2 Å². The highest BCUT2D eigenvalue weighted by molar-refractivity contribution is 6.46. The zero-order valence-corrected chi connectivity index (χ0v) is 23.6. The van der Waals surface area contributed by atoms with E-state index in [-0.39, 0.29) is 17.9 Å². The Bertz CT molecular complexity index is 1210. The molecular formula is C30H38N2O8. The molecule has 2 aromatic carbocycles. The van der Waals surface area contributed by atoms with Crippen LogP contribution in [0.2, 0.25) is 0 Å². The number of hydrogen-bond acceptors (Lipinski definition) is 9. The van der Waals surface area contributed by atoms with Crippen LogP contribution in [-0.2, 0) is 14.3 Å². The molecule has 2 aliphatic heterocycles. The van der Waals surface area contributed by atoms with E-state index in [1.807, 2.05) is 0 Å². The summed E-state index contributed by atoms with van der Waals surface area (Å²) in [5, 5.41) is 11.5. The van der Waals surface area contributed by atoms with E-state index in [0.717, 1.165) is 25.9 Å². The fourth-order valence-corrected chi connectivity index (χ4v) is 5.01. The number of carbonyl (C=O) groups excluding carboxylic acids is 2. The number of benzene rings is 2. The number of nitrogens with zero attached hydrogens (tertiary/aromatic N) is 2. The molecule has 0 bridgehead atoms. The summed E-state index contributed by atoms with van der Waals surface area (Å²) in [6, 6.07) is 9.45. The molecule has 2 heterocycles. The molecule has 0 aliphatic carbocycles. The van der Waals surface area contributed by atoms with E-state index >= 15 is 0 Å². The van der Waals surface area contributed by atoms with E-state index < -0.39 is 17.7 Å². The van der Waals surface area contributed by atoms with Crippen LogP contribution >= 0.6 is 0 Å². The number of hydrogen-bond donors (Lipinski definition) is 1. The van der Waals surface area contributed by atoms with Gasteiger partial charge in [0, 0.05) is 31.7 Å². The molecule has 0 aromatic heterocycles. The number of ketones is 1. The molecule has 0 radical (unpaired) electrons. The van der Waals surface area contributed by atoms with Gasteiger partial charge < -0.3 is 33.7 Å². The third-order valence-electron chi connectivity index (χ3n) is 7.18. The van der Waals surface area contributed by atoms with Gasteiger partial charge in [0.25, 0.3) is 11.7 Å². The van der Waals surface area contributed by atoms with Crippen LogP contribution < -0.4 is 18.9 Å². The highest BCUT2D eigenvalue weighted by Crippen LogP contribution is 2.45. The summed E-state index contributed by atoms with van der Waals surface area (Å²) >= 11 is 0. The number of amides is 1. The van der Waals surface area contributed by atoms with Crippen molar-refractivity contribution in [2.24, 2.45) is 0 Å². The number of unbranched alkanes of at least 4 members (excludes halogenated alkanes) is 1. The third kappa shape index (κ3) is 6.18. The van der Waals surface area contributed by atoms with Gasteiger partial charge in [0.05, 0.1) is 52.8 Å². The maximum atomic E-state index is 13.5. The minimum atomic E-state index is -0.876. The number of likely N-dealkylation sites (tertiary alicyclic amines) is 1. The van der Waals surface area contributed by atoms with Crippen LogP contribution in [0.1, 0.15) is 36.9 Å². The van der Waals surface area contributed by atoms with Crippen molar-refractivity contribution in [3.63, 3.8) is 0 Å². The Morgan fingerprint density at radius 1 is 1.00 bits per heavy atom. The van der Waals surface area contributed by atoms with Crippen LogP contribution in [0.4, 0.5) is 0 Å². The Kier molecular flexibility index (Phi) is 9.89. The molecular weight excluding hydrogens is 516 g/mol. The minimum Gasteiger partial charge on any atom is -0.507 e. The van der Waals surface area contributed by atoms with Crippen LogP contribution in [0.15, 0.2) is 42.0 Å². The van der Waals surface area contributed by atoms with Crippen LogP contribution in [0.3, 0.4) is 0 Å². The van der Waals surface area contributed by atoms with Crippen molar-refractivity contribution in [2.75, 3.05) is 67.3 Å². The predicted molar refractivity (Wildman–Crippen MR) is 149 cm³/mol. The molecule has 1 atom stereocenters. The Hall–Kier alpha value is -3.76. The lowest BCUT2D eigenvalue weighted by Gasteiger charge is -2.31. The molecule has 2 aliphatic rings. The number of rotatable bonds is 12. The monoisotopic (exact) mass is 554 g/mol. The smallest absolute Gasteiger partial charge is 0.295 e. The van der Waals surface area contributed by atoms with Crippen molar-refractivity contribution < 1.29 is 38.4 Å². The number of morpholine rings is 1. The van der Waals surface area contributed by atoms with Crippen molar-refractivity contribution in [2.45, 2.75) is 25.8 Å². The Labute approximate surface area is 235 Å². The van der Waals surface area contributed by atoms with Gasteiger partial charge in [-0.2, -0.15) is 0 Å². The first-order valence-electron chi connectivity index (χ1n) is 13.5. The summed E-state index contributed by atoms with van der Waals surface area (Å²) in [5.74, 6) is 0.00886. The number of aliphatic hydroxyl groups excluding tert-OH is 1. The van der Waals surface area contributed by atoms with Gasteiger partial charge in [-0.3, -0.25) is 14.5 Å². The fraction of sp³-hybridized carbons (Fsp3) is 0.467. The number of ether oxygens (including phenoxy) is 5. The van der Waals surface area contributed by atoms with Crippen molar-refractivity contribution in [1.29, 1.82) is 0 Å². The third-order valence-corrected chi connectivity index (χ3v) is 7.18. The molecule has 1 unspecified atom stereocenters. The lowest BCUT2D eigenvalue weighted by molar-refractivity contribution is -0.140. The van der Waals surface area contributed by atoms with Crippen LogP contribution in [-0.4, -0.2) is 93.9 Å². The van der Waals surface area contributed by atoms with Crippen molar-refractivity contribution in [3.8, 4) is 23.0 Å². The summed E-state index contributed by atoms with van der Waals surface area (Å²) in [6.07, 6.45) is 1.88. The first-order valence-corrected chi connectivity index (χ1v) is 13.5. The van der Waals surface area contributed by atoms with Crippen molar-refractivity contribution in [3.05, 3.63) is 53.1 Å². The molecule has 2 aromatic rings. The van der Waals surface area contributed by atoms with Crippen molar-refractivity contribution in [1.82, 2.24) is 9.80 Å². The second-order valence-electron chi connectivity index (χ2n) is 9.64. The zero-order valence-electron chi connectivity index (χ0n) is 23.6. The van der Waals surface area contributed by atoms with Gasteiger partial charge >= 0.3 is 0 Å². The number of Topliss-reactive ketones (excluding diaryl/α,β-unsaturated/α-hetero) is 1. The summed E-state index contributed by atoms with van der Waals surface area (Å²) in [5.41, 5.74) is 0.928. The Morgan fingerprint density at radius 2 is 1.70 bits per heavy atom. The summed E-state index contributed by atoms with van der Waals surface area (Å²) in [7, 11) is 4.50. The summed E-state index contributed by atoms with van der Waals surface area (Å²) in [6.45, 7) is 6.16. The first-order chi connectivity index (χ1) is 19.4. The maximum Gasteiger partial charge on any atom is 0.295 e. The molecule has 4 rings (SSSR count). The number of aliphatic hydroxyl groups is 1. The Morgan fingerprint density at radius 3 is 2.33 bits per heavy atom. The van der Waals surface area contributed by atoms with Crippen LogP contribution in [0.25, 0.3) is 5.76 Å². The van der Waals surface area contributed by atoms with Gasteiger partial charge in [0.1, 0.15) is 11.5 Å². The van der Waals surface area contributed by atoms with E-state index in [1.165, 1.54) is 26.2 Å². The summed E-state index contributed by atoms with van der Waals surface area (Å²) < 4.78 is 27.8. The standard InChI is InChI=1S/C30H38N2O8/c1-5-6-14-40-22-9-7-8-20(17-22)27(33)25-26(21-18-23(36-2)29(38-4)24(19-21)37-3)32(30(35)28(25)34)11-10-31-12-15-39-16-13-31/h7-9,17-19,26,33H,5-6,10-16H2,1-4H3/b27-25+. The van der Waals surface area contributed by atoms with E-state index in [4.69, 9.17) is 23.7 Å². The maximum absolute atomic E-state index is 13.5. The van der Waals surface area contributed by atoms with Gasteiger partial charge in [-0.25, -0.2) is 0 Å². The number of carbonyl (C=O) groups is 2. The molecule has 10 nitrogen and oxygen atoms in total. The van der Waals surface area contributed by atoms with E-state index in [9.17, 15) is 14.7 Å². The normalized spacial score (nSPS) is 19.1. The van der Waals surface area contributed by atoms with E-state index in [0.29, 0.717) is 60.5 Å². The predicted octanol–water partition coefficient (Wildman–Crippen LogP) is 3.65. The lowest BCUT2D eigenvalue weighted by atomic mass is 9.94. The minimum absolute atomic E-state index is 0.00745. The second-order valence-corrected chi connectivity index (χ2v) is 9.64. The average molecular weight is 555 g/mol. The van der Waals surface area contributed by atoms with Crippen molar-refractivity contribution >= 4 is 17.4 Å². The van der Waals surface area contributed by atoms with Crippen LogP contribution in [0, 0.1) is 0 Å². The molecule has 1 N–H and O–H groups in total. The molecule has 40 heavy (non-hydrogen) atoms. The lowest BCUT2D eigenvalue weighted by Crippen LogP contribution is -2.42. The Balaban J connectivity index is 1.80. The molecule has 2 saturated heterocycles. The van der Waals surface area contributed by atoms with Gasteiger partial charge in [0.15, 0.2) is 11.5 Å². The van der Waals surface area contributed by atoms with Crippen LogP contribution in [0.5, 0.6) is 23.0 Å². The first kappa shape index (κ1) is 29.2. The molecule has 2 fully saturated rings. The van der Waals surface area contributed by atoms with Gasteiger partial charge in [-0.1, -0.05) is 25.5 Å². The number of methoxy groups -OCH3 is 3. The molecule has 10 heteroatoms. The summed E-state index contributed by atoms with van der Waals surface area (Å²) in [4.78, 5) is 30.7. The quantitative estimate of drug-likeness (QED) is 0.182. The highest BCUT2D eigenvalue weighted by Gasteiger charge is 2.46. The molecule has 0 spiro atoms. The SMILES string of the molecule is CCCCOc1cccc(/C(O)=C2\C(=O)C(=O)N(CCN3CCOCC3)C2c2cc(OC)c(OC)c(OC)c2)c1.